The van der Waals surface area contributed by atoms with Crippen LogP contribution in [0.4, 0.5) is 11.4 Å². The number of carbonyl (C=O) groups excluding carboxylic acids is 2. The summed E-state index contributed by atoms with van der Waals surface area (Å²) in [5.41, 5.74) is 5.68. The molecule has 0 aliphatic carbocycles. The topological polar surface area (TPSA) is 66.7 Å². The normalized spacial score (nSPS) is 13.3. The van der Waals surface area contributed by atoms with Crippen LogP contribution in [0.1, 0.15) is 11.1 Å². The molecule has 1 aliphatic rings. The fourth-order valence-electron chi connectivity index (χ4n) is 3.26. The van der Waals surface area contributed by atoms with Gasteiger partial charge in [0.25, 0.3) is 0 Å². The minimum atomic E-state index is -0.00566. The number of para-hydroxylation sites is 1. The van der Waals surface area contributed by atoms with E-state index in [2.05, 4.69) is 5.32 Å². The summed E-state index contributed by atoms with van der Waals surface area (Å²) in [7, 11) is 3.50. The number of thiazole rings is 1. The van der Waals surface area contributed by atoms with E-state index in [-0.39, 0.29) is 18.4 Å². The molecule has 0 unspecified atom stereocenters. The van der Waals surface area contributed by atoms with Crippen molar-refractivity contribution in [2.24, 2.45) is 4.99 Å². The first-order valence-corrected chi connectivity index (χ1v) is 10.2. The van der Waals surface area contributed by atoms with Gasteiger partial charge in [-0.1, -0.05) is 24.3 Å². The van der Waals surface area contributed by atoms with Gasteiger partial charge in [-0.2, -0.15) is 0 Å². The summed E-state index contributed by atoms with van der Waals surface area (Å²) in [5.74, 6) is 0.00209. The second-order valence-corrected chi connectivity index (χ2v) is 8.11. The summed E-state index contributed by atoms with van der Waals surface area (Å²) in [6.45, 7) is 2.22. The maximum Gasteiger partial charge on any atom is 0.242 e. The molecule has 6 nitrogen and oxygen atoms in total. The molecule has 2 amide bonds. The number of aromatic nitrogens is 1. The number of anilines is 1. The van der Waals surface area contributed by atoms with Crippen LogP contribution >= 0.6 is 11.3 Å². The Morgan fingerprint density at radius 3 is 2.79 bits per heavy atom. The van der Waals surface area contributed by atoms with Gasteiger partial charge in [-0.3, -0.25) is 9.59 Å². The average molecular weight is 407 g/mol. The molecule has 7 heteroatoms. The molecule has 2 heterocycles. The van der Waals surface area contributed by atoms with Crippen molar-refractivity contribution < 1.29 is 9.59 Å². The molecule has 148 valence electrons. The van der Waals surface area contributed by atoms with Gasteiger partial charge < -0.3 is 14.8 Å². The van der Waals surface area contributed by atoms with E-state index in [9.17, 15) is 9.59 Å². The first kappa shape index (κ1) is 19.1. The van der Waals surface area contributed by atoms with Crippen LogP contribution in [-0.2, 0) is 22.6 Å². The highest BCUT2D eigenvalue weighted by Gasteiger charge is 2.20. The molecule has 0 radical (unpaired) electrons. The standard InChI is InChI=1S/C22H22N4O2S/c1-14-6-4-5-7-17(14)24-22-26(12-21(28)25(2)3)19(13-29-22)15-8-9-18-16(10-15)11-20(27)23-18/h4-10,13H,11-12H2,1-3H3,(H,23,27). The Bertz CT molecular complexity index is 1170. The monoisotopic (exact) mass is 406 g/mol. The van der Waals surface area contributed by atoms with Gasteiger partial charge in [0.2, 0.25) is 11.8 Å². The second-order valence-electron chi connectivity index (χ2n) is 7.27. The Morgan fingerprint density at radius 2 is 2.03 bits per heavy atom. The Morgan fingerprint density at radius 1 is 1.24 bits per heavy atom. The van der Waals surface area contributed by atoms with Crippen LogP contribution in [-0.4, -0.2) is 35.4 Å². The lowest BCUT2D eigenvalue weighted by atomic mass is 10.1. The largest absolute Gasteiger partial charge is 0.347 e. The summed E-state index contributed by atoms with van der Waals surface area (Å²) in [4.78, 5) is 31.4. The molecular formula is C22H22N4O2S. The van der Waals surface area contributed by atoms with Gasteiger partial charge in [0.05, 0.1) is 17.8 Å². The maximum atomic E-state index is 12.5. The molecule has 1 aliphatic heterocycles. The number of likely N-dealkylation sites (N-methyl/N-ethyl adjacent to an activating group) is 1. The first-order chi connectivity index (χ1) is 13.9. The van der Waals surface area contributed by atoms with Crippen molar-refractivity contribution >= 4 is 34.5 Å². The van der Waals surface area contributed by atoms with Crippen LogP contribution in [0.25, 0.3) is 11.3 Å². The molecule has 3 aromatic rings. The van der Waals surface area contributed by atoms with E-state index in [0.717, 1.165) is 38.6 Å². The molecular weight excluding hydrogens is 384 g/mol. The minimum absolute atomic E-state index is 0.00566. The summed E-state index contributed by atoms with van der Waals surface area (Å²) < 4.78 is 1.95. The maximum absolute atomic E-state index is 12.5. The van der Waals surface area contributed by atoms with Gasteiger partial charge in [-0.15, -0.1) is 11.3 Å². The molecule has 0 atom stereocenters. The van der Waals surface area contributed by atoms with E-state index in [1.807, 2.05) is 59.3 Å². The zero-order chi connectivity index (χ0) is 20.5. The van der Waals surface area contributed by atoms with Gasteiger partial charge in [-0.25, -0.2) is 4.99 Å². The summed E-state index contributed by atoms with van der Waals surface area (Å²) in [6.07, 6.45) is 0.379. The van der Waals surface area contributed by atoms with Crippen molar-refractivity contribution in [3.63, 3.8) is 0 Å². The number of carbonyl (C=O) groups is 2. The fourth-order valence-corrected chi connectivity index (χ4v) is 4.18. The van der Waals surface area contributed by atoms with E-state index in [4.69, 9.17) is 4.99 Å². The molecule has 0 bridgehead atoms. The molecule has 4 rings (SSSR count). The van der Waals surface area contributed by atoms with Crippen molar-refractivity contribution in [3.8, 4) is 11.3 Å². The molecule has 1 N–H and O–H groups in total. The Labute approximate surface area is 173 Å². The van der Waals surface area contributed by atoms with Gasteiger partial charge in [0, 0.05) is 25.2 Å². The molecule has 29 heavy (non-hydrogen) atoms. The first-order valence-electron chi connectivity index (χ1n) is 9.34. The number of aryl methyl sites for hydroxylation is 1. The number of rotatable bonds is 4. The summed E-state index contributed by atoms with van der Waals surface area (Å²) in [5, 5.41) is 4.88. The third-order valence-corrected chi connectivity index (χ3v) is 5.81. The fraction of sp³-hybridized carbons (Fsp3) is 0.227. The lowest BCUT2D eigenvalue weighted by Crippen LogP contribution is -2.30. The number of nitrogens with zero attached hydrogens (tertiary/aromatic N) is 3. The van der Waals surface area contributed by atoms with Gasteiger partial charge in [0.15, 0.2) is 4.80 Å². The van der Waals surface area contributed by atoms with E-state index in [1.165, 1.54) is 11.3 Å². The SMILES string of the molecule is Cc1ccccc1N=c1scc(-c2ccc3c(c2)CC(=O)N3)n1CC(=O)N(C)C. The zero-order valence-corrected chi connectivity index (χ0v) is 17.4. The van der Waals surface area contributed by atoms with Crippen molar-refractivity contribution in [1.82, 2.24) is 9.47 Å². The lowest BCUT2D eigenvalue weighted by molar-refractivity contribution is -0.129. The van der Waals surface area contributed by atoms with E-state index in [0.29, 0.717) is 6.42 Å². The molecule has 0 fully saturated rings. The smallest absolute Gasteiger partial charge is 0.242 e. The highest BCUT2D eigenvalue weighted by molar-refractivity contribution is 7.07. The number of hydrogen-bond acceptors (Lipinski definition) is 4. The Kier molecular flexibility index (Phi) is 5.07. The van der Waals surface area contributed by atoms with Crippen molar-refractivity contribution in [3.05, 3.63) is 63.8 Å². The second kappa shape index (κ2) is 7.67. The average Bonchev–Trinajstić information content (AvgIpc) is 3.25. The summed E-state index contributed by atoms with van der Waals surface area (Å²) in [6, 6.07) is 13.8. The molecule has 0 saturated heterocycles. The van der Waals surface area contributed by atoms with Gasteiger partial charge in [-0.05, 0) is 41.8 Å². The molecule has 1 aromatic heterocycles. The molecule has 0 spiro atoms. The summed E-state index contributed by atoms with van der Waals surface area (Å²) >= 11 is 1.51. The third-order valence-electron chi connectivity index (χ3n) is 4.95. The molecule has 2 aromatic carbocycles. The Balaban J connectivity index is 1.84. The Hall–Kier alpha value is -3.19. The van der Waals surface area contributed by atoms with Crippen LogP contribution in [0.15, 0.2) is 52.8 Å². The van der Waals surface area contributed by atoms with Crippen molar-refractivity contribution in [1.29, 1.82) is 0 Å². The number of amides is 2. The zero-order valence-electron chi connectivity index (χ0n) is 16.6. The highest BCUT2D eigenvalue weighted by Crippen LogP contribution is 2.29. The van der Waals surface area contributed by atoms with Gasteiger partial charge in [0.1, 0.15) is 6.54 Å². The van der Waals surface area contributed by atoms with Crippen LogP contribution < -0.4 is 10.1 Å². The predicted octanol–water partition coefficient (Wildman–Crippen LogP) is 3.34. The number of benzene rings is 2. The van der Waals surface area contributed by atoms with E-state index in [1.54, 1.807) is 19.0 Å². The quantitative estimate of drug-likeness (QED) is 0.722. The van der Waals surface area contributed by atoms with Crippen molar-refractivity contribution in [2.45, 2.75) is 19.9 Å². The molecule has 0 saturated carbocycles. The number of hydrogen-bond donors (Lipinski definition) is 1. The highest BCUT2D eigenvalue weighted by atomic mass is 32.1. The predicted molar refractivity (Wildman–Crippen MR) is 115 cm³/mol. The van der Waals surface area contributed by atoms with Crippen molar-refractivity contribution in [2.75, 3.05) is 19.4 Å². The lowest BCUT2D eigenvalue weighted by Gasteiger charge is -2.14. The van der Waals surface area contributed by atoms with Gasteiger partial charge >= 0.3 is 0 Å². The van der Waals surface area contributed by atoms with Crippen LogP contribution in [0.3, 0.4) is 0 Å². The van der Waals surface area contributed by atoms with Crippen LogP contribution in [0.2, 0.25) is 0 Å². The van der Waals surface area contributed by atoms with E-state index < -0.39 is 0 Å². The number of nitrogens with one attached hydrogen (secondary N) is 1. The number of fused-ring (bicyclic) bond motifs is 1. The third kappa shape index (κ3) is 3.86. The van der Waals surface area contributed by atoms with Crippen LogP contribution in [0.5, 0.6) is 0 Å². The van der Waals surface area contributed by atoms with E-state index >= 15 is 0 Å². The van der Waals surface area contributed by atoms with Crippen LogP contribution in [0, 0.1) is 6.92 Å². The minimum Gasteiger partial charge on any atom is -0.347 e.